The minimum atomic E-state index is -0.232. The van der Waals surface area contributed by atoms with Crippen LogP contribution in [0.3, 0.4) is 0 Å². The van der Waals surface area contributed by atoms with E-state index < -0.39 is 0 Å². The summed E-state index contributed by atoms with van der Waals surface area (Å²) in [4.78, 5) is 28.0. The van der Waals surface area contributed by atoms with Crippen LogP contribution in [0.5, 0.6) is 0 Å². The average molecular weight is 431 g/mol. The highest BCUT2D eigenvalue weighted by molar-refractivity contribution is 5.94. The molecule has 3 N–H and O–H groups in total. The SMILES string of the molecule is NC(=O)C1CCCN(c2nc(-c3ccnc(NC4CCCCC4)c3)cc3cnccc23)C1. The molecule has 1 unspecified atom stereocenters. The van der Waals surface area contributed by atoms with E-state index in [-0.39, 0.29) is 11.8 Å². The van der Waals surface area contributed by atoms with Gasteiger partial charge in [-0.3, -0.25) is 9.78 Å². The Bertz CT molecular complexity index is 1110. The molecule has 1 saturated carbocycles. The van der Waals surface area contributed by atoms with Crippen LogP contribution in [0.1, 0.15) is 44.9 Å². The van der Waals surface area contributed by atoms with Gasteiger partial charge in [-0.05, 0) is 49.9 Å². The first-order valence-electron chi connectivity index (χ1n) is 11.7. The standard InChI is InChI=1S/C25H30N6O/c26-24(32)18-5-4-12-31(16-18)25-21-9-10-27-15-19(21)13-22(30-25)17-8-11-28-23(14-17)29-20-6-2-1-3-7-20/h8-11,13-15,18,20H,1-7,12,16H2,(H2,26,32)(H,28,29). The Kier molecular flexibility index (Phi) is 5.88. The Hall–Kier alpha value is -3.22. The Balaban J connectivity index is 1.50. The number of anilines is 2. The fourth-order valence-corrected chi connectivity index (χ4v) is 4.99. The van der Waals surface area contributed by atoms with Crippen molar-refractivity contribution in [1.29, 1.82) is 0 Å². The molecule has 1 aliphatic carbocycles. The molecular weight excluding hydrogens is 400 g/mol. The summed E-state index contributed by atoms with van der Waals surface area (Å²) in [6.07, 6.45) is 13.6. The summed E-state index contributed by atoms with van der Waals surface area (Å²) in [6.45, 7) is 1.47. The van der Waals surface area contributed by atoms with Gasteiger partial charge in [-0.1, -0.05) is 19.3 Å². The van der Waals surface area contributed by atoms with E-state index in [2.05, 4.69) is 32.3 Å². The van der Waals surface area contributed by atoms with E-state index in [1.165, 1.54) is 32.1 Å². The molecule has 1 amide bonds. The van der Waals surface area contributed by atoms with Crippen LogP contribution in [-0.4, -0.2) is 40.0 Å². The van der Waals surface area contributed by atoms with Crippen LogP contribution < -0.4 is 16.0 Å². The fourth-order valence-electron chi connectivity index (χ4n) is 4.99. The molecule has 3 aromatic rings. The molecule has 7 nitrogen and oxygen atoms in total. The predicted octanol–water partition coefficient (Wildman–Crippen LogP) is 4.14. The molecule has 1 atom stereocenters. The number of rotatable bonds is 5. The third-order valence-corrected chi connectivity index (χ3v) is 6.75. The Morgan fingerprint density at radius 2 is 1.94 bits per heavy atom. The summed E-state index contributed by atoms with van der Waals surface area (Å²) >= 11 is 0. The Morgan fingerprint density at radius 3 is 2.78 bits per heavy atom. The lowest BCUT2D eigenvalue weighted by Gasteiger charge is -2.33. The second-order valence-corrected chi connectivity index (χ2v) is 9.02. The lowest BCUT2D eigenvalue weighted by atomic mass is 9.95. The smallest absolute Gasteiger partial charge is 0.222 e. The van der Waals surface area contributed by atoms with Gasteiger partial charge in [-0.2, -0.15) is 0 Å². The maximum absolute atomic E-state index is 11.8. The van der Waals surface area contributed by atoms with E-state index in [0.29, 0.717) is 12.6 Å². The van der Waals surface area contributed by atoms with Gasteiger partial charge in [0.2, 0.25) is 5.91 Å². The summed E-state index contributed by atoms with van der Waals surface area (Å²) in [6, 6.07) is 8.67. The topological polar surface area (TPSA) is 97.0 Å². The maximum atomic E-state index is 11.8. The average Bonchev–Trinajstić information content (AvgIpc) is 2.84. The van der Waals surface area contributed by atoms with Crippen LogP contribution in [0.4, 0.5) is 11.6 Å². The number of pyridine rings is 3. The first-order chi connectivity index (χ1) is 15.7. The number of fused-ring (bicyclic) bond motifs is 1. The van der Waals surface area contributed by atoms with E-state index >= 15 is 0 Å². The van der Waals surface area contributed by atoms with E-state index in [9.17, 15) is 4.79 Å². The van der Waals surface area contributed by atoms with Gasteiger partial charge < -0.3 is 16.0 Å². The number of aromatic nitrogens is 3. The first kappa shape index (κ1) is 20.7. The minimum Gasteiger partial charge on any atom is -0.369 e. The van der Waals surface area contributed by atoms with Crippen LogP contribution >= 0.6 is 0 Å². The lowest BCUT2D eigenvalue weighted by molar-refractivity contribution is -0.122. The largest absolute Gasteiger partial charge is 0.369 e. The second kappa shape index (κ2) is 9.10. The lowest BCUT2D eigenvalue weighted by Crippen LogP contribution is -2.41. The van der Waals surface area contributed by atoms with Crippen LogP contribution in [0.15, 0.2) is 42.9 Å². The summed E-state index contributed by atoms with van der Waals surface area (Å²) in [5.41, 5.74) is 7.53. The molecular formula is C25H30N6O. The number of nitrogens with two attached hydrogens (primary N) is 1. The molecule has 0 aromatic carbocycles. The minimum absolute atomic E-state index is 0.140. The molecule has 0 bridgehead atoms. The number of amides is 1. The quantitative estimate of drug-likeness (QED) is 0.631. The number of hydrogen-bond acceptors (Lipinski definition) is 6. The van der Waals surface area contributed by atoms with Gasteiger partial charge in [0, 0.05) is 54.1 Å². The van der Waals surface area contributed by atoms with E-state index in [1.54, 1.807) is 6.20 Å². The van der Waals surface area contributed by atoms with Crippen LogP contribution in [-0.2, 0) is 4.79 Å². The van der Waals surface area contributed by atoms with Gasteiger partial charge >= 0.3 is 0 Å². The van der Waals surface area contributed by atoms with E-state index in [1.807, 2.05) is 24.5 Å². The van der Waals surface area contributed by atoms with E-state index in [0.717, 1.165) is 53.1 Å². The molecule has 2 fully saturated rings. The second-order valence-electron chi connectivity index (χ2n) is 9.02. The van der Waals surface area contributed by atoms with Crippen LogP contribution in [0, 0.1) is 5.92 Å². The Morgan fingerprint density at radius 1 is 1.06 bits per heavy atom. The number of primary amides is 1. The molecule has 4 heterocycles. The first-order valence-corrected chi connectivity index (χ1v) is 11.7. The van der Waals surface area contributed by atoms with Gasteiger partial charge in [-0.15, -0.1) is 0 Å². The highest BCUT2D eigenvalue weighted by Gasteiger charge is 2.26. The third kappa shape index (κ3) is 4.38. The zero-order chi connectivity index (χ0) is 21.9. The molecule has 1 saturated heterocycles. The van der Waals surface area contributed by atoms with Crippen molar-refractivity contribution < 1.29 is 4.79 Å². The van der Waals surface area contributed by atoms with Crippen LogP contribution in [0.25, 0.3) is 22.0 Å². The zero-order valence-electron chi connectivity index (χ0n) is 18.3. The van der Waals surface area contributed by atoms with Crippen molar-refractivity contribution >= 4 is 28.3 Å². The van der Waals surface area contributed by atoms with Gasteiger partial charge in [0.1, 0.15) is 11.6 Å². The highest BCUT2D eigenvalue weighted by Crippen LogP contribution is 2.33. The summed E-state index contributed by atoms with van der Waals surface area (Å²) in [5, 5.41) is 5.69. The number of hydrogen-bond donors (Lipinski definition) is 2. The number of nitrogens with zero attached hydrogens (tertiary/aromatic N) is 4. The number of piperidine rings is 1. The molecule has 5 rings (SSSR count). The van der Waals surface area contributed by atoms with Crippen molar-refractivity contribution in [2.75, 3.05) is 23.3 Å². The molecule has 166 valence electrons. The zero-order valence-corrected chi connectivity index (χ0v) is 18.3. The van der Waals surface area contributed by atoms with Crippen molar-refractivity contribution in [3.8, 4) is 11.3 Å². The van der Waals surface area contributed by atoms with Crippen molar-refractivity contribution in [3.05, 3.63) is 42.9 Å². The molecule has 7 heteroatoms. The molecule has 0 spiro atoms. The molecule has 0 radical (unpaired) electrons. The predicted molar refractivity (Wildman–Crippen MR) is 127 cm³/mol. The maximum Gasteiger partial charge on any atom is 0.222 e. The van der Waals surface area contributed by atoms with Gasteiger partial charge in [0.15, 0.2) is 0 Å². The normalized spacial score (nSPS) is 19.8. The third-order valence-electron chi connectivity index (χ3n) is 6.75. The summed E-state index contributed by atoms with van der Waals surface area (Å²) in [5.74, 6) is 1.42. The molecule has 32 heavy (non-hydrogen) atoms. The van der Waals surface area contributed by atoms with Crippen molar-refractivity contribution in [2.45, 2.75) is 51.0 Å². The monoisotopic (exact) mass is 430 g/mol. The highest BCUT2D eigenvalue weighted by atomic mass is 16.1. The van der Waals surface area contributed by atoms with Crippen LogP contribution in [0.2, 0.25) is 0 Å². The van der Waals surface area contributed by atoms with Crippen molar-refractivity contribution in [2.24, 2.45) is 11.7 Å². The van der Waals surface area contributed by atoms with E-state index in [4.69, 9.17) is 10.7 Å². The molecule has 2 aliphatic rings. The fraction of sp³-hybridized carbons (Fsp3) is 0.440. The van der Waals surface area contributed by atoms with Gasteiger partial charge in [0.05, 0.1) is 11.6 Å². The number of carbonyl (C=O) groups excluding carboxylic acids is 1. The van der Waals surface area contributed by atoms with Gasteiger partial charge in [-0.25, -0.2) is 9.97 Å². The van der Waals surface area contributed by atoms with Crippen molar-refractivity contribution in [3.63, 3.8) is 0 Å². The molecule has 3 aromatic heterocycles. The Labute approximate surface area is 188 Å². The van der Waals surface area contributed by atoms with Gasteiger partial charge in [0.25, 0.3) is 0 Å². The molecule has 1 aliphatic heterocycles. The summed E-state index contributed by atoms with van der Waals surface area (Å²) < 4.78 is 0. The summed E-state index contributed by atoms with van der Waals surface area (Å²) in [7, 11) is 0. The number of nitrogens with one attached hydrogen (secondary N) is 1. The number of carbonyl (C=O) groups is 1. The van der Waals surface area contributed by atoms with Crippen molar-refractivity contribution in [1.82, 2.24) is 15.0 Å².